The summed E-state index contributed by atoms with van der Waals surface area (Å²) in [6.45, 7) is 4.10. The molecule has 4 unspecified atom stereocenters. The predicted molar refractivity (Wildman–Crippen MR) is 298 cm³/mol. The normalized spacial score (nSPS) is 13.8. The number of aliphatic hydroxyl groups excluding tert-OH is 4. The molecule has 5 N–H and O–H groups in total. The molecular formula is C62H121NO5. The first-order valence-electron chi connectivity index (χ1n) is 30.7. The number of unbranched alkanes of at least 4 members (excludes halogenated alkanes) is 44. The lowest BCUT2D eigenvalue weighted by molar-refractivity contribution is -0.132. The fraction of sp³-hybridized carbons (Fsp3) is 0.919. The Bertz CT molecular complexity index is 1030. The average molecular weight is 961 g/mol. The van der Waals surface area contributed by atoms with Crippen molar-refractivity contribution < 1.29 is 25.2 Å². The lowest BCUT2D eigenvalue weighted by Gasteiger charge is -2.27. The van der Waals surface area contributed by atoms with E-state index in [1.165, 1.54) is 263 Å². The van der Waals surface area contributed by atoms with Crippen LogP contribution in [0.25, 0.3) is 0 Å². The van der Waals surface area contributed by atoms with Crippen LogP contribution in [0.5, 0.6) is 0 Å². The van der Waals surface area contributed by atoms with Crippen molar-refractivity contribution >= 4 is 5.91 Å². The molecule has 0 radical (unpaired) electrons. The SMILES string of the molecule is CCCCCCCCCCC/C=C\C/C=C\CCCCCCCCCCCCCCC(O)C(=O)NC(CO)C(O)C(O)CCCCCCCCCCCCCCCCCCCCCCCCCC. The molecule has 404 valence electrons. The molecular weight excluding hydrogens is 839 g/mol. The molecule has 6 heteroatoms. The predicted octanol–water partition coefficient (Wildman–Crippen LogP) is 18.2. The first-order valence-corrected chi connectivity index (χ1v) is 30.7. The van der Waals surface area contributed by atoms with Gasteiger partial charge >= 0.3 is 0 Å². The van der Waals surface area contributed by atoms with Gasteiger partial charge in [0.05, 0.1) is 18.8 Å². The first-order chi connectivity index (χ1) is 33.5. The van der Waals surface area contributed by atoms with Crippen molar-refractivity contribution in [3.63, 3.8) is 0 Å². The van der Waals surface area contributed by atoms with E-state index in [4.69, 9.17) is 0 Å². The van der Waals surface area contributed by atoms with Crippen LogP contribution in [0.2, 0.25) is 0 Å². The third-order valence-corrected chi connectivity index (χ3v) is 14.7. The standard InChI is InChI=1S/C62H121NO5/c1-3-5-7-9-11-13-15-17-19-21-23-25-27-29-30-31-32-34-36-38-40-42-44-46-48-50-52-54-56-60(66)62(68)63-58(57-64)61(67)59(65)55-53-51-49-47-45-43-41-39-37-35-33-28-26-24-22-20-18-16-14-12-10-8-6-4-2/h23,25,29-30,58-61,64-67H,3-22,24,26-28,31-57H2,1-2H3,(H,63,68)/b25-23-,30-29-. The van der Waals surface area contributed by atoms with Crippen LogP contribution in [0.1, 0.15) is 335 Å². The Morgan fingerprint density at radius 1 is 0.368 bits per heavy atom. The van der Waals surface area contributed by atoms with Gasteiger partial charge in [-0.15, -0.1) is 0 Å². The second-order valence-electron chi connectivity index (χ2n) is 21.4. The number of carbonyl (C=O) groups excluding carboxylic acids is 1. The summed E-state index contributed by atoms with van der Waals surface area (Å²) in [5, 5.41) is 44.1. The van der Waals surface area contributed by atoms with Gasteiger partial charge in [0.25, 0.3) is 0 Å². The van der Waals surface area contributed by atoms with E-state index in [9.17, 15) is 25.2 Å². The van der Waals surface area contributed by atoms with E-state index in [1.54, 1.807) is 0 Å². The lowest BCUT2D eigenvalue weighted by atomic mass is 9.99. The molecule has 6 nitrogen and oxygen atoms in total. The summed E-state index contributed by atoms with van der Waals surface area (Å²) in [5.74, 6) is -0.580. The number of hydrogen-bond acceptors (Lipinski definition) is 5. The van der Waals surface area contributed by atoms with E-state index in [-0.39, 0.29) is 0 Å². The van der Waals surface area contributed by atoms with E-state index < -0.39 is 36.9 Å². The third kappa shape index (κ3) is 49.8. The van der Waals surface area contributed by atoms with Crippen molar-refractivity contribution in [3.05, 3.63) is 24.3 Å². The fourth-order valence-electron chi connectivity index (χ4n) is 9.85. The van der Waals surface area contributed by atoms with Crippen LogP contribution >= 0.6 is 0 Å². The topological polar surface area (TPSA) is 110 Å². The van der Waals surface area contributed by atoms with Crippen molar-refractivity contribution in [1.29, 1.82) is 0 Å². The fourth-order valence-corrected chi connectivity index (χ4v) is 9.85. The maximum absolute atomic E-state index is 12.6. The molecule has 0 aromatic rings. The van der Waals surface area contributed by atoms with Gasteiger partial charge in [-0.2, -0.15) is 0 Å². The number of amides is 1. The summed E-state index contributed by atoms with van der Waals surface area (Å²) in [6, 6.07) is -0.986. The number of hydrogen-bond donors (Lipinski definition) is 5. The molecule has 68 heavy (non-hydrogen) atoms. The summed E-state index contributed by atoms with van der Waals surface area (Å²) in [6.07, 6.45) is 69.7. The molecule has 0 aliphatic heterocycles. The van der Waals surface area contributed by atoms with Crippen LogP contribution in [0.15, 0.2) is 24.3 Å². The molecule has 0 aliphatic carbocycles. The molecule has 0 bridgehead atoms. The van der Waals surface area contributed by atoms with Gasteiger partial charge in [-0.3, -0.25) is 4.79 Å². The highest BCUT2D eigenvalue weighted by Crippen LogP contribution is 2.19. The highest BCUT2D eigenvalue weighted by atomic mass is 16.3. The largest absolute Gasteiger partial charge is 0.394 e. The monoisotopic (exact) mass is 960 g/mol. The van der Waals surface area contributed by atoms with Gasteiger partial charge in [0, 0.05) is 0 Å². The van der Waals surface area contributed by atoms with Crippen LogP contribution in [-0.4, -0.2) is 57.3 Å². The van der Waals surface area contributed by atoms with E-state index in [1.807, 2.05) is 0 Å². The Labute approximate surface area is 425 Å². The first kappa shape index (κ1) is 66.8. The summed E-state index contributed by atoms with van der Waals surface area (Å²) in [7, 11) is 0. The van der Waals surface area contributed by atoms with Gasteiger partial charge in [0.2, 0.25) is 5.91 Å². The zero-order valence-electron chi connectivity index (χ0n) is 45.9. The average Bonchev–Trinajstić information content (AvgIpc) is 3.34. The maximum Gasteiger partial charge on any atom is 0.249 e. The maximum atomic E-state index is 12.6. The zero-order valence-corrected chi connectivity index (χ0v) is 45.9. The minimum absolute atomic E-state index is 0.369. The second kappa shape index (κ2) is 56.7. The van der Waals surface area contributed by atoms with Crippen molar-refractivity contribution in [1.82, 2.24) is 5.32 Å². The molecule has 0 aliphatic rings. The Morgan fingerprint density at radius 2 is 0.632 bits per heavy atom. The Morgan fingerprint density at radius 3 is 0.926 bits per heavy atom. The Balaban J connectivity index is 3.59. The number of nitrogens with one attached hydrogen (secondary N) is 1. The minimum atomic E-state index is -1.26. The summed E-state index contributed by atoms with van der Waals surface area (Å²) >= 11 is 0. The Hall–Kier alpha value is -1.21. The van der Waals surface area contributed by atoms with Gasteiger partial charge in [-0.1, -0.05) is 314 Å². The van der Waals surface area contributed by atoms with Crippen molar-refractivity contribution in [3.8, 4) is 0 Å². The molecule has 0 rings (SSSR count). The van der Waals surface area contributed by atoms with Gasteiger partial charge in [-0.25, -0.2) is 0 Å². The third-order valence-electron chi connectivity index (χ3n) is 14.7. The second-order valence-corrected chi connectivity index (χ2v) is 21.4. The van der Waals surface area contributed by atoms with Crippen LogP contribution in [-0.2, 0) is 4.79 Å². The van der Waals surface area contributed by atoms with E-state index in [0.717, 1.165) is 44.9 Å². The van der Waals surface area contributed by atoms with Gasteiger partial charge in [0.15, 0.2) is 0 Å². The molecule has 0 aromatic heterocycles. The van der Waals surface area contributed by atoms with E-state index in [2.05, 4.69) is 43.5 Å². The molecule has 0 aromatic carbocycles. The molecule has 4 atom stereocenters. The molecule has 0 saturated heterocycles. The van der Waals surface area contributed by atoms with Crippen LogP contribution in [0.3, 0.4) is 0 Å². The molecule has 0 heterocycles. The van der Waals surface area contributed by atoms with Crippen LogP contribution in [0, 0.1) is 0 Å². The van der Waals surface area contributed by atoms with Gasteiger partial charge in [-0.05, 0) is 44.9 Å². The van der Waals surface area contributed by atoms with E-state index in [0.29, 0.717) is 12.8 Å². The zero-order chi connectivity index (χ0) is 49.5. The highest BCUT2D eigenvalue weighted by molar-refractivity contribution is 5.80. The lowest BCUT2D eigenvalue weighted by Crippen LogP contribution is -2.53. The molecule has 0 saturated carbocycles. The van der Waals surface area contributed by atoms with Crippen molar-refractivity contribution in [2.45, 2.75) is 359 Å². The quantitative estimate of drug-likeness (QED) is 0.0308. The van der Waals surface area contributed by atoms with Crippen molar-refractivity contribution in [2.24, 2.45) is 0 Å². The van der Waals surface area contributed by atoms with Gasteiger partial charge in [0.1, 0.15) is 12.2 Å². The van der Waals surface area contributed by atoms with Gasteiger partial charge < -0.3 is 25.7 Å². The number of carbonyl (C=O) groups is 1. The summed E-state index contributed by atoms with van der Waals surface area (Å²) in [5.41, 5.74) is 0. The van der Waals surface area contributed by atoms with Crippen molar-refractivity contribution in [2.75, 3.05) is 6.61 Å². The van der Waals surface area contributed by atoms with Crippen LogP contribution < -0.4 is 5.32 Å². The Kier molecular flexibility index (Phi) is 55.7. The molecule has 0 spiro atoms. The van der Waals surface area contributed by atoms with Crippen LogP contribution in [0.4, 0.5) is 0 Å². The molecule has 0 fully saturated rings. The smallest absolute Gasteiger partial charge is 0.249 e. The highest BCUT2D eigenvalue weighted by Gasteiger charge is 2.28. The number of allylic oxidation sites excluding steroid dienone is 4. The number of aliphatic hydroxyl groups is 4. The summed E-state index contributed by atoms with van der Waals surface area (Å²) < 4.78 is 0. The minimum Gasteiger partial charge on any atom is -0.394 e. The number of rotatable bonds is 57. The molecule has 1 amide bonds. The van der Waals surface area contributed by atoms with E-state index >= 15 is 0 Å². The summed E-state index contributed by atoms with van der Waals surface area (Å²) in [4.78, 5) is 12.6.